The monoisotopic (exact) mass is 481 g/mol. The molecule has 12 heteroatoms. The van der Waals surface area contributed by atoms with E-state index in [0.29, 0.717) is 5.13 Å². The van der Waals surface area contributed by atoms with E-state index in [1.807, 2.05) is 24.3 Å². The Morgan fingerprint density at radius 1 is 1.33 bits per heavy atom. The number of hydrogen-bond donors (Lipinski definition) is 3. The summed E-state index contributed by atoms with van der Waals surface area (Å²) in [6.45, 7) is 1.53. The Morgan fingerprint density at radius 2 is 2.09 bits per heavy atom. The largest absolute Gasteiger partial charge is 0.419 e. The third-order valence-corrected chi connectivity index (χ3v) is 6.40. The van der Waals surface area contributed by atoms with Crippen LogP contribution in [0.25, 0.3) is 10.2 Å². The summed E-state index contributed by atoms with van der Waals surface area (Å²) in [5, 5.41) is 22.0. The first-order chi connectivity index (χ1) is 15.7. The van der Waals surface area contributed by atoms with Crippen molar-refractivity contribution in [3.05, 3.63) is 47.7 Å². The van der Waals surface area contributed by atoms with Crippen LogP contribution in [0.2, 0.25) is 0 Å². The topological polar surface area (TPSA) is 102 Å². The van der Waals surface area contributed by atoms with Crippen LogP contribution in [-0.4, -0.2) is 63.4 Å². The van der Waals surface area contributed by atoms with E-state index in [-0.39, 0.29) is 37.0 Å². The summed E-state index contributed by atoms with van der Waals surface area (Å²) in [5.41, 5.74) is -0.335. The molecule has 0 spiro atoms. The zero-order valence-electron chi connectivity index (χ0n) is 17.6. The molecule has 0 bridgehead atoms. The lowest BCUT2D eigenvalue weighted by Gasteiger charge is -2.40. The van der Waals surface area contributed by atoms with Crippen molar-refractivity contribution in [3.63, 3.8) is 0 Å². The first kappa shape index (κ1) is 23.2. The van der Waals surface area contributed by atoms with Crippen molar-refractivity contribution in [2.45, 2.75) is 25.2 Å². The van der Waals surface area contributed by atoms with Gasteiger partial charge in [-0.15, -0.1) is 0 Å². The van der Waals surface area contributed by atoms with Crippen molar-refractivity contribution in [2.75, 3.05) is 36.5 Å². The minimum absolute atomic E-state index is 0.115. The number of thiazole rings is 1. The van der Waals surface area contributed by atoms with Gasteiger partial charge in [0, 0.05) is 37.4 Å². The number of pyridine rings is 1. The fraction of sp³-hybridized carbons (Fsp3) is 0.381. The Labute approximate surface area is 191 Å². The minimum Gasteiger partial charge on any atom is -0.393 e. The van der Waals surface area contributed by atoms with Crippen LogP contribution in [0.3, 0.4) is 0 Å². The van der Waals surface area contributed by atoms with Crippen LogP contribution < -0.4 is 10.2 Å². The lowest BCUT2D eigenvalue weighted by Crippen LogP contribution is -2.55. The van der Waals surface area contributed by atoms with Gasteiger partial charge in [0.15, 0.2) is 5.13 Å². The number of anilines is 2. The molecule has 4 rings (SSSR count). The van der Waals surface area contributed by atoms with Gasteiger partial charge in [-0.25, -0.2) is 14.8 Å². The van der Waals surface area contributed by atoms with Gasteiger partial charge >= 0.3 is 12.2 Å². The van der Waals surface area contributed by atoms with Crippen LogP contribution in [0.15, 0.2) is 36.5 Å². The number of aromatic nitrogens is 2. The van der Waals surface area contributed by atoms with E-state index in [9.17, 15) is 23.1 Å². The molecule has 1 fully saturated rings. The molecular formula is C21H22F3N5O3S. The number of benzene rings is 1. The summed E-state index contributed by atoms with van der Waals surface area (Å²) >= 11 is 1.34. The molecule has 33 heavy (non-hydrogen) atoms. The molecular weight excluding hydrogens is 459 g/mol. The van der Waals surface area contributed by atoms with Crippen molar-refractivity contribution in [2.24, 2.45) is 0 Å². The number of carbonyl (C=O) groups is 1. The van der Waals surface area contributed by atoms with Crippen LogP contribution >= 0.6 is 11.3 Å². The molecule has 8 nitrogen and oxygen atoms in total. The van der Waals surface area contributed by atoms with E-state index < -0.39 is 30.5 Å². The third-order valence-electron chi connectivity index (χ3n) is 5.45. The number of aliphatic hydroxyl groups excluding tert-OH is 2. The van der Waals surface area contributed by atoms with Crippen LogP contribution in [-0.2, 0) is 6.18 Å². The van der Waals surface area contributed by atoms with Gasteiger partial charge in [0.05, 0.1) is 22.4 Å². The molecule has 0 aliphatic carbocycles. The third kappa shape index (κ3) is 4.87. The van der Waals surface area contributed by atoms with E-state index in [1.165, 1.54) is 16.2 Å². The number of fused-ring (bicyclic) bond motifs is 1. The average Bonchev–Trinajstić information content (AvgIpc) is 3.19. The van der Waals surface area contributed by atoms with Crippen molar-refractivity contribution < 1.29 is 28.2 Å². The zero-order chi connectivity index (χ0) is 23.8. The summed E-state index contributed by atoms with van der Waals surface area (Å²) < 4.78 is 42.0. The van der Waals surface area contributed by atoms with Crippen LogP contribution in [0, 0.1) is 0 Å². The Balaban J connectivity index is 1.49. The number of nitrogens with zero attached hydrogens (tertiary/aromatic N) is 4. The maximum absolute atomic E-state index is 13.7. The molecule has 176 valence electrons. The Bertz CT molecular complexity index is 1120. The summed E-state index contributed by atoms with van der Waals surface area (Å²) in [6, 6.07) is 7.53. The number of urea groups is 1. The van der Waals surface area contributed by atoms with E-state index >= 15 is 0 Å². The standard InChI is InChI=1S/C21H22F3N5O3S/c1-12-10-28(18-14(21(22,23)24)8-13(9-25-18)16(31)11-30)6-7-29(12)20(32)27-19-26-15-4-2-3-5-17(15)33-19/h2-5,8-9,12,16,30-31H,6-7,10-11H2,1H3,(H,26,27,32)/t12-,16-/m1/s1. The van der Waals surface area contributed by atoms with E-state index in [0.717, 1.165) is 22.5 Å². The van der Waals surface area contributed by atoms with Gasteiger partial charge in [0.25, 0.3) is 0 Å². The molecule has 0 unspecified atom stereocenters. The maximum Gasteiger partial charge on any atom is 0.419 e. The highest BCUT2D eigenvalue weighted by Crippen LogP contribution is 2.37. The highest BCUT2D eigenvalue weighted by atomic mass is 32.1. The van der Waals surface area contributed by atoms with Gasteiger partial charge in [0.2, 0.25) is 0 Å². The van der Waals surface area contributed by atoms with Crippen molar-refractivity contribution >= 4 is 38.5 Å². The van der Waals surface area contributed by atoms with Crippen molar-refractivity contribution in [1.82, 2.24) is 14.9 Å². The van der Waals surface area contributed by atoms with E-state index in [1.54, 1.807) is 11.8 Å². The fourth-order valence-corrected chi connectivity index (χ4v) is 4.62. The molecule has 3 aromatic rings. The van der Waals surface area contributed by atoms with Gasteiger partial charge in [-0.1, -0.05) is 23.5 Å². The molecule has 1 aromatic carbocycles. The SMILES string of the molecule is C[C@@H]1CN(c2ncc([C@H](O)CO)cc2C(F)(F)F)CCN1C(=O)Nc1nc2ccccc2s1. The molecule has 0 radical (unpaired) electrons. The summed E-state index contributed by atoms with van der Waals surface area (Å²) in [7, 11) is 0. The van der Waals surface area contributed by atoms with Gasteiger partial charge in [-0.2, -0.15) is 13.2 Å². The zero-order valence-corrected chi connectivity index (χ0v) is 18.4. The van der Waals surface area contributed by atoms with Crippen LogP contribution in [0.5, 0.6) is 0 Å². The Kier molecular flexibility index (Phi) is 6.41. The molecule has 2 aromatic heterocycles. The lowest BCUT2D eigenvalue weighted by atomic mass is 10.1. The molecule has 0 saturated carbocycles. The predicted molar refractivity (Wildman–Crippen MR) is 118 cm³/mol. The van der Waals surface area contributed by atoms with Crippen molar-refractivity contribution in [1.29, 1.82) is 0 Å². The highest BCUT2D eigenvalue weighted by Gasteiger charge is 2.38. The summed E-state index contributed by atoms with van der Waals surface area (Å²) in [6.07, 6.45) is -5.02. The molecule has 2 atom stereocenters. The van der Waals surface area contributed by atoms with Gasteiger partial charge in [-0.05, 0) is 25.1 Å². The number of hydrogen-bond acceptors (Lipinski definition) is 7. The molecule has 3 heterocycles. The Hall–Kier alpha value is -2.96. The molecule has 1 saturated heterocycles. The second kappa shape index (κ2) is 9.12. The second-order valence-electron chi connectivity index (χ2n) is 7.74. The van der Waals surface area contributed by atoms with Crippen LogP contribution in [0.1, 0.15) is 24.2 Å². The van der Waals surface area contributed by atoms with Crippen molar-refractivity contribution in [3.8, 4) is 0 Å². The number of piperazine rings is 1. The molecule has 2 amide bonds. The van der Waals surface area contributed by atoms with Gasteiger partial charge < -0.3 is 20.0 Å². The van der Waals surface area contributed by atoms with Gasteiger partial charge in [0.1, 0.15) is 11.9 Å². The second-order valence-corrected chi connectivity index (χ2v) is 8.77. The number of aliphatic hydroxyl groups is 2. The molecule has 1 aliphatic heterocycles. The number of alkyl halides is 3. The normalized spacial score (nSPS) is 17.9. The van der Waals surface area contributed by atoms with E-state index in [2.05, 4.69) is 15.3 Å². The predicted octanol–water partition coefficient (Wildman–Crippen LogP) is 3.48. The number of para-hydroxylation sites is 1. The molecule has 1 aliphatic rings. The Morgan fingerprint density at radius 3 is 2.76 bits per heavy atom. The van der Waals surface area contributed by atoms with Gasteiger partial charge in [-0.3, -0.25) is 5.32 Å². The quantitative estimate of drug-likeness (QED) is 0.528. The number of carbonyl (C=O) groups excluding carboxylic acids is 1. The maximum atomic E-state index is 13.7. The molecule has 3 N–H and O–H groups in total. The minimum atomic E-state index is -4.70. The lowest BCUT2D eigenvalue weighted by molar-refractivity contribution is -0.137. The first-order valence-corrected chi connectivity index (χ1v) is 11.0. The fourth-order valence-electron chi connectivity index (χ4n) is 3.76. The first-order valence-electron chi connectivity index (χ1n) is 10.2. The number of nitrogens with one attached hydrogen (secondary N) is 1. The summed E-state index contributed by atoms with van der Waals surface area (Å²) in [4.78, 5) is 24.1. The number of rotatable bonds is 4. The summed E-state index contributed by atoms with van der Waals surface area (Å²) in [5.74, 6) is -0.269. The average molecular weight is 482 g/mol. The van der Waals surface area contributed by atoms with Crippen LogP contribution in [0.4, 0.5) is 28.9 Å². The van der Waals surface area contributed by atoms with E-state index in [4.69, 9.17) is 5.11 Å². The smallest absolute Gasteiger partial charge is 0.393 e. The number of halogens is 3. The highest BCUT2D eigenvalue weighted by molar-refractivity contribution is 7.22. The number of amides is 2.